The van der Waals surface area contributed by atoms with Crippen molar-refractivity contribution in [2.75, 3.05) is 12.4 Å². The fraction of sp³-hybridized carbons (Fsp3) is 0.385. The van der Waals surface area contributed by atoms with E-state index in [4.69, 9.17) is 14.2 Å². The van der Waals surface area contributed by atoms with E-state index >= 15 is 0 Å². The topological polar surface area (TPSA) is 132 Å². The molecule has 2 heterocycles. The summed E-state index contributed by atoms with van der Waals surface area (Å²) in [6.07, 6.45) is -6.17. The number of carbonyl (C=O) groups is 4. The number of rotatable bonds is 3. The molecule has 13 heteroatoms. The van der Waals surface area contributed by atoms with Gasteiger partial charge in [0.05, 0.1) is 12.8 Å². The molecule has 0 radical (unpaired) electrons. The number of fused-ring (bicyclic) bond motifs is 7. The van der Waals surface area contributed by atoms with Gasteiger partial charge < -0.3 is 30.2 Å². The molecule has 210 valence electrons. The van der Waals surface area contributed by atoms with Crippen molar-refractivity contribution in [1.82, 2.24) is 10.6 Å². The summed E-state index contributed by atoms with van der Waals surface area (Å²) in [4.78, 5) is 49.8. The fourth-order valence-electron chi connectivity index (χ4n) is 3.63. The second-order valence-electron chi connectivity index (χ2n) is 9.72. The second kappa shape index (κ2) is 11.6. The molecule has 0 fully saturated rings. The summed E-state index contributed by atoms with van der Waals surface area (Å²) in [6.45, 7) is 4.90. The first-order valence-electron chi connectivity index (χ1n) is 11.8. The van der Waals surface area contributed by atoms with Crippen LogP contribution in [0.5, 0.6) is 11.5 Å². The predicted octanol–water partition coefficient (Wildman–Crippen LogP) is 3.63. The summed E-state index contributed by atoms with van der Waals surface area (Å²) in [5.41, 5.74) is -0.174. The van der Waals surface area contributed by atoms with Gasteiger partial charge in [-0.05, 0) is 56.2 Å². The van der Waals surface area contributed by atoms with Crippen molar-refractivity contribution in [2.24, 2.45) is 0 Å². The second-order valence-corrected chi connectivity index (χ2v) is 9.72. The molecule has 0 unspecified atom stereocenters. The maximum absolute atomic E-state index is 13.3. The Bertz CT molecular complexity index is 1240. The fourth-order valence-corrected chi connectivity index (χ4v) is 3.63. The van der Waals surface area contributed by atoms with Gasteiger partial charge in [-0.2, -0.15) is 13.2 Å². The van der Waals surface area contributed by atoms with Crippen LogP contribution in [-0.2, 0) is 36.7 Å². The molecule has 2 aromatic rings. The molecule has 2 atom stereocenters. The molecule has 0 saturated heterocycles. The van der Waals surface area contributed by atoms with E-state index in [0.29, 0.717) is 11.1 Å². The molecule has 0 spiro atoms. The van der Waals surface area contributed by atoms with Gasteiger partial charge in [-0.25, -0.2) is 9.59 Å². The molecule has 3 amide bonds. The Morgan fingerprint density at radius 3 is 2.23 bits per heavy atom. The van der Waals surface area contributed by atoms with E-state index in [0.717, 1.165) is 0 Å². The first-order valence-corrected chi connectivity index (χ1v) is 11.8. The number of alkyl carbamates (subject to hydrolysis) is 1. The highest BCUT2D eigenvalue weighted by atomic mass is 19.4. The highest BCUT2D eigenvalue weighted by Gasteiger charge is 2.39. The van der Waals surface area contributed by atoms with Gasteiger partial charge in [-0.3, -0.25) is 9.59 Å². The van der Waals surface area contributed by atoms with Crippen molar-refractivity contribution in [2.45, 2.75) is 57.5 Å². The first kappa shape index (κ1) is 29.3. The number of halogens is 3. The molecule has 10 nitrogen and oxygen atoms in total. The number of ether oxygens (including phenoxy) is 3. The van der Waals surface area contributed by atoms with Gasteiger partial charge in [-0.15, -0.1) is 0 Å². The number of esters is 1. The van der Waals surface area contributed by atoms with Crippen LogP contribution in [0.2, 0.25) is 0 Å². The third kappa shape index (κ3) is 8.35. The summed E-state index contributed by atoms with van der Waals surface area (Å²) in [6, 6.07) is 7.76. The van der Waals surface area contributed by atoms with Crippen LogP contribution in [0, 0.1) is 0 Å². The van der Waals surface area contributed by atoms with Crippen LogP contribution in [0.4, 0.5) is 23.7 Å². The molecule has 4 bridgehead atoms. The largest absolute Gasteiger partial charge is 0.471 e. The van der Waals surface area contributed by atoms with E-state index in [1.807, 2.05) is 0 Å². The standard InChI is InChI=1S/C26H28F3N3O7/c1-25(2,3)39-24(36)32-18-12-15-7-10-17(31-23(35)26(27,28)29)20(13-15)38-16-8-5-14(6-9-16)11-19(22(34)37-4)30-21(18)33/h5-10,13,18-19H,11-12H2,1-4H3,(H,30,33)(H,31,35)(H,32,36)/t18-,19-/m0/s1. The highest BCUT2D eigenvalue weighted by molar-refractivity contribution is 5.96. The van der Waals surface area contributed by atoms with Gasteiger partial charge in [0.15, 0.2) is 5.75 Å². The highest BCUT2D eigenvalue weighted by Crippen LogP contribution is 2.33. The number of benzene rings is 2. The lowest BCUT2D eigenvalue weighted by atomic mass is 10.0. The summed E-state index contributed by atoms with van der Waals surface area (Å²) < 4.78 is 54.5. The number of nitrogens with one attached hydrogen (secondary N) is 3. The van der Waals surface area contributed by atoms with Crippen LogP contribution in [0.15, 0.2) is 42.5 Å². The number of anilines is 1. The molecule has 2 aliphatic rings. The Hall–Kier alpha value is -4.29. The molecule has 2 aromatic carbocycles. The first-order chi connectivity index (χ1) is 18.1. The smallest absolute Gasteiger partial charge is 0.467 e. The van der Waals surface area contributed by atoms with Gasteiger partial charge in [0.2, 0.25) is 5.91 Å². The SMILES string of the molecule is COC(=O)[C@@H]1Cc2ccc(cc2)Oc2cc(ccc2NC(=O)C(F)(F)F)C[C@H](NC(=O)OC(C)(C)C)C(=O)N1. The maximum Gasteiger partial charge on any atom is 0.471 e. The Kier molecular flexibility index (Phi) is 8.72. The molecule has 0 aliphatic carbocycles. The summed E-state index contributed by atoms with van der Waals surface area (Å²) >= 11 is 0. The summed E-state index contributed by atoms with van der Waals surface area (Å²) in [5.74, 6) is -3.53. The van der Waals surface area contributed by atoms with E-state index in [2.05, 4.69) is 10.6 Å². The van der Waals surface area contributed by atoms with E-state index in [1.165, 1.54) is 37.4 Å². The van der Waals surface area contributed by atoms with Crippen LogP contribution in [-0.4, -0.2) is 54.8 Å². The molecule has 0 saturated carbocycles. The zero-order valence-corrected chi connectivity index (χ0v) is 21.6. The summed E-state index contributed by atoms with van der Waals surface area (Å²) in [5, 5.41) is 6.84. The van der Waals surface area contributed by atoms with E-state index in [-0.39, 0.29) is 30.0 Å². The quantitative estimate of drug-likeness (QED) is 0.497. The number of amides is 3. The van der Waals surface area contributed by atoms with Crippen molar-refractivity contribution in [3.63, 3.8) is 0 Å². The molecule has 39 heavy (non-hydrogen) atoms. The lowest BCUT2D eigenvalue weighted by molar-refractivity contribution is -0.167. The van der Waals surface area contributed by atoms with Crippen molar-refractivity contribution in [3.05, 3.63) is 53.6 Å². The maximum atomic E-state index is 13.3. The Balaban J connectivity index is 2.04. The minimum absolute atomic E-state index is 0.0377. The third-order valence-electron chi connectivity index (χ3n) is 5.39. The molecule has 0 aromatic heterocycles. The minimum atomic E-state index is -5.13. The molecule has 3 N–H and O–H groups in total. The van der Waals surface area contributed by atoms with Crippen LogP contribution in [0.25, 0.3) is 0 Å². The van der Waals surface area contributed by atoms with Gasteiger partial charge in [-0.1, -0.05) is 18.2 Å². The van der Waals surface area contributed by atoms with E-state index < -0.39 is 47.7 Å². The predicted molar refractivity (Wildman–Crippen MR) is 132 cm³/mol. The van der Waals surface area contributed by atoms with Crippen LogP contribution in [0.1, 0.15) is 31.9 Å². The number of carbonyl (C=O) groups excluding carboxylic acids is 4. The number of hydrogen-bond donors (Lipinski definition) is 3. The number of alkyl halides is 3. The van der Waals surface area contributed by atoms with Crippen molar-refractivity contribution in [1.29, 1.82) is 0 Å². The van der Waals surface area contributed by atoms with Crippen molar-refractivity contribution < 1.29 is 46.6 Å². The molecule has 2 aliphatic heterocycles. The van der Waals surface area contributed by atoms with Crippen LogP contribution >= 0.6 is 0 Å². The lowest BCUT2D eigenvalue weighted by Crippen LogP contribution is -2.53. The lowest BCUT2D eigenvalue weighted by Gasteiger charge is -2.25. The molecule has 4 rings (SSSR count). The Labute approximate surface area is 222 Å². The Morgan fingerprint density at radius 2 is 1.64 bits per heavy atom. The van der Waals surface area contributed by atoms with Gasteiger partial charge in [0.25, 0.3) is 0 Å². The third-order valence-corrected chi connectivity index (χ3v) is 5.39. The monoisotopic (exact) mass is 551 g/mol. The number of hydrogen-bond acceptors (Lipinski definition) is 7. The summed E-state index contributed by atoms with van der Waals surface area (Å²) in [7, 11) is 1.17. The van der Waals surface area contributed by atoms with Crippen molar-refractivity contribution in [3.8, 4) is 11.5 Å². The van der Waals surface area contributed by atoms with E-state index in [1.54, 1.807) is 38.2 Å². The van der Waals surface area contributed by atoms with Gasteiger partial charge in [0, 0.05) is 12.8 Å². The average molecular weight is 552 g/mol. The average Bonchev–Trinajstić information content (AvgIpc) is 2.83. The minimum Gasteiger partial charge on any atom is -0.467 e. The zero-order chi connectivity index (χ0) is 29.0. The molecular formula is C26H28F3N3O7. The van der Waals surface area contributed by atoms with Crippen molar-refractivity contribution >= 4 is 29.6 Å². The number of methoxy groups -OCH3 is 1. The van der Waals surface area contributed by atoms with E-state index in [9.17, 15) is 32.3 Å². The van der Waals surface area contributed by atoms with Gasteiger partial charge in [0.1, 0.15) is 23.4 Å². The van der Waals surface area contributed by atoms with Crippen LogP contribution in [0.3, 0.4) is 0 Å². The normalized spacial score (nSPS) is 17.7. The van der Waals surface area contributed by atoms with Crippen LogP contribution < -0.4 is 20.7 Å². The Morgan fingerprint density at radius 1 is 1.00 bits per heavy atom. The van der Waals surface area contributed by atoms with Gasteiger partial charge >= 0.3 is 24.1 Å². The zero-order valence-electron chi connectivity index (χ0n) is 21.6. The molecular weight excluding hydrogens is 523 g/mol.